The number of hydrogen-bond donors (Lipinski definition) is 2. The summed E-state index contributed by atoms with van der Waals surface area (Å²) in [6.45, 7) is 0. The maximum Gasteiger partial charge on any atom is 0.270 e. The molecule has 1 fully saturated rings. The Morgan fingerprint density at radius 1 is 1.46 bits per heavy atom. The average molecular weight is 327 g/mol. The first kappa shape index (κ1) is 14.7. The molecule has 8 nitrogen and oxygen atoms in total. The molecule has 3 atom stereocenters. The summed E-state index contributed by atoms with van der Waals surface area (Å²) in [6.07, 6.45) is 6.70. The molecule has 24 heavy (non-hydrogen) atoms. The highest BCUT2D eigenvalue weighted by atomic mass is 16.5. The smallest absolute Gasteiger partial charge is 0.270 e. The fourth-order valence-electron chi connectivity index (χ4n) is 3.07. The van der Waals surface area contributed by atoms with Crippen LogP contribution in [-0.4, -0.2) is 49.4 Å². The maximum absolute atomic E-state index is 12.6. The van der Waals surface area contributed by atoms with Crippen LogP contribution in [0.5, 0.6) is 5.75 Å². The van der Waals surface area contributed by atoms with Gasteiger partial charge in [0.05, 0.1) is 31.5 Å². The highest BCUT2D eigenvalue weighted by Gasteiger charge is 2.42. The van der Waals surface area contributed by atoms with Gasteiger partial charge in [0.2, 0.25) is 0 Å². The van der Waals surface area contributed by atoms with Gasteiger partial charge < -0.3 is 15.2 Å². The van der Waals surface area contributed by atoms with Crippen molar-refractivity contribution in [3.63, 3.8) is 0 Å². The molecule has 0 radical (unpaired) electrons. The fraction of sp³-hybridized carbons (Fsp3) is 0.312. The highest BCUT2D eigenvalue weighted by Crippen LogP contribution is 2.32. The zero-order valence-corrected chi connectivity index (χ0v) is 13.0. The minimum atomic E-state index is -0.512. The molecule has 0 aromatic carbocycles. The van der Waals surface area contributed by atoms with Gasteiger partial charge in [-0.15, -0.1) is 0 Å². The Kier molecular flexibility index (Phi) is 3.46. The third kappa shape index (κ3) is 2.31. The van der Waals surface area contributed by atoms with E-state index in [2.05, 4.69) is 15.4 Å². The molecule has 8 heteroatoms. The van der Waals surface area contributed by atoms with Crippen molar-refractivity contribution in [3.05, 3.63) is 48.7 Å². The lowest BCUT2D eigenvalue weighted by Crippen LogP contribution is -2.56. The summed E-state index contributed by atoms with van der Waals surface area (Å²) in [6, 6.07) is 4.91. The van der Waals surface area contributed by atoms with Gasteiger partial charge in [0.15, 0.2) is 0 Å². The van der Waals surface area contributed by atoms with E-state index < -0.39 is 6.10 Å². The van der Waals surface area contributed by atoms with E-state index in [1.54, 1.807) is 53.0 Å². The zero-order valence-electron chi connectivity index (χ0n) is 13.0. The van der Waals surface area contributed by atoms with Crippen LogP contribution in [0.2, 0.25) is 0 Å². The van der Waals surface area contributed by atoms with Gasteiger partial charge in [-0.3, -0.25) is 13.9 Å². The van der Waals surface area contributed by atoms with Crippen LogP contribution in [-0.2, 0) is 0 Å². The van der Waals surface area contributed by atoms with Gasteiger partial charge in [0.1, 0.15) is 17.1 Å². The van der Waals surface area contributed by atoms with Crippen LogP contribution < -0.4 is 10.1 Å². The summed E-state index contributed by atoms with van der Waals surface area (Å²) in [4.78, 5) is 16.8. The van der Waals surface area contributed by atoms with E-state index in [0.717, 1.165) is 0 Å². The van der Waals surface area contributed by atoms with Crippen LogP contribution in [0, 0.1) is 0 Å². The quantitative estimate of drug-likeness (QED) is 0.733. The Hall–Kier alpha value is -2.87. The third-order valence-corrected chi connectivity index (χ3v) is 4.40. The Balaban J connectivity index is 1.54. The van der Waals surface area contributed by atoms with Gasteiger partial charge in [0, 0.05) is 24.7 Å². The minimum Gasteiger partial charge on any atom is -0.497 e. The molecular formula is C16H17N5O3. The number of imidazole rings is 1. The number of fused-ring (bicyclic) bond motifs is 1. The molecule has 0 unspecified atom stereocenters. The van der Waals surface area contributed by atoms with Crippen LogP contribution in [0.1, 0.15) is 23.0 Å². The molecule has 1 saturated carbocycles. The molecule has 0 spiro atoms. The Morgan fingerprint density at radius 3 is 3.04 bits per heavy atom. The van der Waals surface area contributed by atoms with E-state index in [9.17, 15) is 9.90 Å². The van der Waals surface area contributed by atoms with E-state index in [-0.39, 0.29) is 18.0 Å². The molecule has 124 valence electrons. The third-order valence-electron chi connectivity index (χ3n) is 4.40. The number of aliphatic hydroxyl groups is 1. The predicted octanol–water partition coefficient (Wildman–Crippen LogP) is 0.644. The van der Waals surface area contributed by atoms with E-state index in [4.69, 9.17) is 4.74 Å². The number of methoxy groups -OCH3 is 1. The lowest BCUT2D eigenvalue weighted by molar-refractivity contribution is -0.00596. The van der Waals surface area contributed by atoms with Gasteiger partial charge >= 0.3 is 0 Å². The molecule has 4 rings (SSSR count). The number of carbonyl (C=O) groups is 1. The van der Waals surface area contributed by atoms with E-state index in [1.807, 2.05) is 0 Å². The average Bonchev–Trinajstić information content (AvgIpc) is 3.22. The minimum absolute atomic E-state index is 0.170. The topological polar surface area (TPSA) is 93.7 Å². The Bertz CT molecular complexity index is 873. The normalized spacial score (nSPS) is 23.0. The zero-order chi connectivity index (χ0) is 16.7. The van der Waals surface area contributed by atoms with Crippen molar-refractivity contribution in [2.24, 2.45) is 0 Å². The van der Waals surface area contributed by atoms with Crippen molar-refractivity contribution >= 4 is 11.6 Å². The predicted molar refractivity (Wildman–Crippen MR) is 84.9 cm³/mol. The number of aliphatic hydroxyl groups excluding tert-OH is 1. The van der Waals surface area contributed by atoms with Crippen molar-refractivity contribution < 1.29 is 14.6 Å². The molecule has 0 saturated heterocycles. The molecule has 1 aliphatic rings. The lowest BCUT2D eigenvalue weighted by atomic mass is 9.83. The summed E-state index contributed by atoms with van der Waals surface area (Å²) in [5.74, 6) is 0.447. The van der Waals surface area contributed by atoms with E-state index in [0.29, 0.717) is 23.5 Å². The number of pyridine rings is 1. The SMILES string of the molecule is COc1ccn2c(C(=O)N[C@H]3C[C@@H](O)[C@@H]3n3cccn3)cnc2c1. The van der Waals surface area contributed by atoms with Crippen LogP contribution in [0.4, 0.5) is 0 Å². The van der Waals surface area contributed by atoms with E-state index >= 15 is 0 Å². The molecule has 1 amide bonds. The highest BCUT2D eigenvalue weighted by molar-refractivity contribution is 5.93. The first-order valence-electron chi connectivity index (χ1n) is 7.66. The number of rotatable bonds is 4. The molecule has 1 aliphatic carbocycles. The van der Waals surface area contributed by atoms with Gasteiger partial charge in [-0.2, -0.15) is 5.10 Å². The van der Waals surface area contributed by atoms with Gasteiger partial charge in [-0.25, -0.2) is 4.98 Å². The number of ether oxygens (including phenoxy) is 1. The molecule has 3 heterocycles. The second kappa shape index (κ2) is 5.64. The number of nitrogens with one attached hydrogen (secondary N) is 1. The van der Waals surface area contributed by atoms with Gasteiger partial charge in [-0.1, -0.05) is 0 Å². The Labute approximate surface area is 137 Å². The van der Waals surface area contributed by atoms with Crippen LogP contribution >= 0.6 is 0 Å². The standard InChI is InChI=1S/C16H17N5O3/c1-24-10-3-6-20-12(9-17-14(20)7-10)16(23)19-11-8-13(22)15(11)21-5-2-4-18-21/h2-7,9,11,13,15,22H,8H2,1H3,(H,19,23)/t11-,13+,15+/m0/s1. The molecule has 3 aromatic heterocycles. The van der Waals surface area contributed by atoms with Crippen molar-refractivity contribution in [2.45, 2.75) is 24.6 Å². The summed E-state index contributed by atoms with van der Waals surface area (Å²) in [5, 5.41) is 17.1. The first-order valence-corrected chi connectivity index (χ1v) is 7.66. The van der Waals surface area contributed by atoms with Gasteiger partial charge in [0.25, 0.3) is 5.91 Å². The monoisotopic (exact) mass is 327 g/mol. The number of aromatic nitrogens is 4. The first-order chi connectivity index (χ1) is 11.7. The molecule has 3 aromatic rings. The van der Waals surface area contributed by atoms with Crippen LogP contribution in [0.25, 0.3) is 5.65 Å². The molecular weight excluding hydrogens is 310 g/mol. The molecule has 2 N–H and O–H groups in total. The van der Waals surface area contributed by atoms with Crippen molar-refractivity contribution in [3.8, 4) is 5.75 Å². The largest absolute Gasteiger partial charge is 0.497 e. The summed E-state index contributed by atoms with van der Waals surface area (Å²) in [7, 11) is 1.58. The maximum atomic E-state index is 12.6. The number of nitrogens with zero attached hydrogens (tertiary/aromatic N) is 4. The van der Waals surface area contributed by atoms with Crippen molar-refractivity contribution in [1.29, 1.82) is 0 Å². The summed E-state index contributed by atoms with van der Waals surface area (Å²) >= 11 is 0. The van der Waals surface area contributed by atoms with Crippen molar-refractivity contribution in [1.82, 2.24) is 24.5 Å². The number of hydrogen-bond acceptors (Lipinski definition) is 5. The lowest BCUT2D eigenvalue weighted by Gasteiger charge is -2.41. The van der Waals surface area contributed by atoms with Gasteiger partial charge in [-0.05, 0) is 18.6 Å². The second-order valence-corrected chi connectivity index (χ2v) is 5.80. The fourth-order valence-corrected chi connectivity index (χ4v) is 3.07. The van der Waals surface area contributed by atoms with Crippen molar-refractivity contribution in [2.75, 3.05) is 7.11 Å². The second-order valence-electron chi connectivity index (χ2n) is 5.80. The molecule has 0 bridgehead atoms. The summed E-state index contributed by atoms with van der Waals surface area (Å²) in [5.41, 5.74) is 1.07. The number of amides is 1. The van der Waals surface area contributed by atoms with E-state index in [1.165, 1.54) is 6.20 Å². The Morgan fingerprint density at radius 2 is 2.33 bits per heavy atom. The molecule has 0 aliphatic heterocycles. The number of carbonyl (C=O) groups excluding carboxylic acids is 1. The van der Waals surface area contributed by atoms with Crippen LogP contribution in [0.3, 0.4) is 0 Å². The summed E-state index contributed by atoms with van der Waals surface area (Å²) < 4.78 is 8.54. The van der Waals surface area contributed by atoms with Crippen LogP contribution in [0.15, 0.2) is 43.0 Å².